The van der Waals surface area contributed by atoms with Gasteiger partial charge in [-0.3, -0.25) is 4.79 Å². The Kier molecular flexibility index (Phi) is 6.27. The smallest absolute Gasteiger partial charge is 0.245 e. The topological polar surface area (TPSA) is 72.3 Å². The van der Waals surface area contributed by atoms with E-state index in [-0.39, 0.29) is 11.8 Å². The fourth-order valence-electron chi connectivity index (χ4n) is 3.90. The number of amides is 1. The first kappa shape index (κ1) is 21.4. The van der Waals surface area contributed by atoms with Crippen molar-refractivity contribution in [3.05, 3.63) is 42.1 Å². The van der Waals surface area contributed by atoms with Gasteiger partial charge in [-0.15, -0.1) is 11.3 Å². The lowest BCUT2D eigenvalue weighted by Crippen LogP contribution is -2.27. The van der Waals surface area contributed by atoms with Gasteiger partial charge in [0.15, 0.2) is 5.13 Å². The minimum atomic E-state index is -0.0151. The third kappa shape index (κ3) is 4.90. The largest absolute Gasteiger partial charge is 0.477 e. The predicted octanol–water partition coefficient (Wildman–Crippen LogP) is 4.61. The van der Waals surface area contributed by atoms with Gasteiger partial charge in [-0.2, -0.15) is 4.98 Å². The highest BCUT2D eigenvalue weighted by Crippen LogP contribution is 2.31. The number of likely N-dealkylation sites (tertiary alicyclic amines) is 1. The van der Waals surface area contributed by atoms with E-state index in [1.807, 2.05) is 18.0 Å². The van der Waals surface area contributed by atoms with E-state index in [4.69, 9.17) is 9.72 Å². The molecule has 1 N–H and O–H groups in total. The number of nitrogens with one attached hydrogen (secondary N) is 1. The van der Waals surface area contributed by atoms with Gasteiger partial charge in [0.25, 0.3) is 0 Å². The van der Waals surface area contributed by atoms with Crippen LogP contribution in [0.25, 0.3) is 10.9 Å². The van der Waals surface area contributed by atoms with Gasteiger partial charge in [-0.25, -0.2) is 4.98 Å². The second kappa shape index (κ2) is 9.09. The number of carbonyl (C=O) groups excluding carboxylic acids is 1. The zero-order chi connectivity index (χ0) is 22.0. The molecule has 1 saturated heterocycles. The number of hydrogen-bond donors (Lipinski definition) is 1. The number of aromatic nitrogens is 3. The van der Waals surface area contributed by atoms with Crippen LogP contribution in [0.4, 0.5) is 10.9 Å². The van der Waals surface area contributed by atoms with Crippen LogP contribution in [0, 0.1) is 18.8 Å². The molecule has 0 saturated carbocycles. The Labute approximate surface area is 186 Å². The fourth-order valence-corrected chi connectivity index (χ4v) is 4.57. The summed E-state index contributed by atoms with van der Waals surface area (Å²) in [6, 6.07) is 4.13. The molecule has 1 aliphatic heterocycles. The number of aryl methyl sites for hydroxylation is 1. The molecule has 0 aliphatic carbocycles. The molecule has 1 atom stereocenters. The van der Waals surface area contributed by atoms with Gasteiger partial charge in [0.1, 0.15) is 5.82 Å². The standard InChI is InChI=1S/C23H29N5O2S/c1-5-21(29)28-8-6-17(13-28)14-30-22-18-7-9-27(12-15(2)3)19(18)10-20(25-22)26-23-24-11-16(4)31-23/h5,7,9-11,15,17H,1,6,8,12-14H2,2-4H3,(H,24,25,26)/t17-/m0/s1. The van der Waals surface area contributed by atoms with Gasteiger partial charge in [-0.1, -0.05) is 20.4 Å². The highest BCUT2D eigenvalue weighted by molar-refractivity contribution is 7.15. The van der Waals surface area contributed by atoms with Crippen molar-refractivity contribution in [2.75, 3.05) is 25.0 Å². The second-order valence-corrected chi connectivity index (χ2v) is 9.70. The maximum Gasteiger partial charge on any atom is 0.245 e. The van der Waals surface area contributed by atoms with E-state index in [0.717, 1.165) is 46.2 Å². The summed E-state index contributed by atoms with van der Waals surface area (Å²) in [4.78, 5) is 24.0. The number of hydrogen-bond acceptors (Lipinski definition) is 6. The predicted molar refractivity (Wildman–Crippen MR) is 125 cm³/mol. The number of carbonyl (C=O) groups is 1. The van der Waals surface area contributed by atoms with E-state index in [1.165, 1.54) is 6.08 Å². The molecule has 7 nitrogen and oxygen atoms in total. The number of pyridine rings is 1. The van der Waals surface area contributed by atoms with Crippen LogP contribution in [0.2, 0.25) is 0 Å². The molecule has 3 aromatic heterocycles. The molecule has 164 valence electrons. The molecule has 4 rings (SSSR count). The molecule has 8 heteroatoms. The van der Waals surface area contributed by atoms with Gasteiger partial charge in [0.2, 0.25) is 11.8 Å². The van der Waals surface area contributed by atoms with Crippen molar-refractivity contribution >= 4 is 39.1 Å². The Morgan fingerprint density at radius 3 is 3.03 bits per heavy atom. The molecule has 1 aliphatic rings. The monoisotopic (exact) mass is 439 g/mol. The van der Waals surface area contributed by atoms with Crippen LogP contribution in [0.15, 0.2) is 37.2 Å². The molecular formula is C23H29N5O2S. The Balaban J connectivity index is 1.57. The third-order valence-electron chi connectivity index (χ3n) is 5.38. The number of thiazole rings is 1. The maximum atomic E-state index is 11.9. The molecule has 0 radical (unpaired) electrons. The maximum absolute atomic E-state index is 11.9. The van der Waals surface area contributed by atoms with Gasteiger partial charge >= 0.3 is 0 Å². The number of anilines is 2. The van der Waals surface area contributed by atoms with E-state index in [9.17, 15) is 4.79 Å². The zero-order valence-electron chi connectivity index (χ0n) is 18.3. The average molecular weight is 440 g/mol. The molecule has 1 fully saturated rings. The van der Waals surface area contributed by atoms with Crippen LogP contribution < -0.4 is 10.1 Å². The van der Waals surface area contributed by atoms with Crippen LogP contribution in [-0.2, 0) is 11.3 Å². The van der Waals surface area contributed by atoms with E-state index in [2.05, 4.69) is 53.6 Å². The minimum Gasteiger partial charge on any atom is -0.477 e. The van der Waals surface area contributed by atoms with Gasteiger partial charge in [0.05, 0.1) is 17.5 Å². The SMILES string of the molecule is C=CC(=O)N1CC[C@H](COc2nc(Nc3ncc(C)s3)cc3c2ccn3CC(C)C)C1. The van der Waals surface area contributed by atoms with Crippen LogP contribution in [-0.4, -0.2) is 45.0 Å². The van der Waals surface area contributed by atoms with E-state index in [0.29, 0.717) is 24.9 Å². The fraction of sp³-hybridized carbons (Fsp3) is 0.435. The Hall–Kier alpha value is -2.87. The van der Waals surface area contributed by atoms with Crippen LogP contribution in [0.5, 0.6) is 5.88 Å². The summed E-state index contributed by atoms with van der Waals surface area (Å²) in [7, 11) is 0. The average Bonchev–Trinajstić information content (AvgIpc) is 3.46. The summed E-state index contributed by atoms with van der Waals surface area (Å²) in [5, 5.41) is 5.13. The number of fused-ring (bicyclic) bond motifs is 1. The van der Waals surface area contributed by atoms with Crippen LogP contribution in [0.3, 0.4) is 0 Å². The third-order valence-corrected chi connectivity index (χ3v) is 6.21. The number of nitrogens with zero attached hydrogens (tertiary/aromatic N) is 4. The van der Waals surface area contributed by atoms with Crippen molar-refractivity contribution in [2.24, 2.45) is 11.8 Å². The summed E-state index contributed by atoms with van der Waals surface area (Å²) in [6.07, 6.45) is 6.24. The second-order valence-electron chi connectivity index (χ2n) is 8.46. The minimum absolute atomic E-state index is 0.0151. The van der Waals surface area contributed by atoms with Crippen molar-refractivity contribution < 1.29 is 9.53 Å². The summed E-state index contributed by atoms with van der Waals surface area (Å²) < 4.78 is 8.46. The van der Waals surface area contributed by atoms with Crippen molar-refractivity contribution in [1.82, 2.24) is 19.4 Å². The summed E-state index contributed by atoms with van der Waals surface area (Å²) in [6.45, 7) is 12.9. The molecule has 3 aromatic rings. The zero-order valence-corrected chi connectivity index (χ0v) is 19.1. The normalized spacial score (nSPS) is 16.3. The van der Waals surface area contributed by atoms with Crippen molar-refractivity contribution in [1.29, 1.82) is 0 Å². The first-order valence-corrected chi connectivity index (χ1v) is 11.5. The first-order valence-electron chi connectivity index (χ1n) is 10.7. The molecule has 4 heterocycles. The summed E-state index contributed by atoms with van der Waals surface area (Å²) in [5.41, 5.74) is 1.09. The summed E-state index contributed by atoms with van der Waals surface area (Å²) in [5.74, 6) is 2.13. The Bertz CT molecular complexity index is 1090. The van der Waals surface area contributed by atoms with Gasteiger partial charge in [-0.05, 0) is 31.4 Å². The summed E-state index contributed by atoms with van der Waals surface area (Å²) >= 11 is 1.59. The molecule has 0 unspecified atom stereocenters. The number of ether oxygens (including phenoxy) is 1. The highest BCUT2D eigenvalue weighted by atomic mass is 32.1. The van der Waals surface area contributed by atoms with E-state index in [1.54, 1.807) is 11.3 Å². The molecule has 31 heavy (non-hydrogen) atoms. The molecule has 0 spiro atoms. The van der Waals surface area contributed by atoms with E-state index < -0.39 is 0 Å². The van der Waals surface area contributed by atoms with Crippen molar-refractivity contribution in [2.45, 2.75) is 33.7 Å². The quantitative estimate of drug-likeness (QED) is 0.519. The van der Waals surface area contributed by atoms with Crippen LogP contribution in [0.1, 0.15) is 25.1 Å². The Morgan fingerprint density at radius 1 is 1.48 bits per heavy atom. The molecule has 1 amide bonds. The van der Waals surface area contributed by atoms with Crippen LogP contribution >= 0.6 is 11.3 Å². The highest BCUT2D eigenvalue weighted by Gasteiger charge is 2.26. The lowest BCUT2D eigenvalue weighted by Gasteiger charge is -2.16. The Morgan fingerprint density at radius 2 is 2.32 bits per heavy atom. The molecule has 0 aromatic carbocycles. The molecule has 0 bridgehead atoms. The lowest BCUT2D eigenvalue weighted by atomic mass is 10.1. The number of rotatable bonds is 8. The van der Waals surface area contributed by atoms with Crippen molar-refractivity contribution in [3.8, 4) is 5.88 Å². The lowest BCUT2D eigenvalue weighted by molar-refractivity contribution is -0.125. The van der Waals surface area contributed by atoms with E-state index >= 15 is 0 Å². The van der Waals surface area contributed by atoms with Gasteiger partial charge in [0, 0.05) is 48.9 Å². The molecular weight excluding hydrogens is 410 g/mol. The van der Waals surface area contributed by atoms with Crippen molar-refractivity contribution in [3.63, 3.8) is 0 Å². The first-order chi connectivity index (χ1) is 14.9. The van der Waals surface area contributed by atoms with Gasteiger partial charge < -0.3 is 19.5 Å².